The fourth-order valence-electron chi connectivity index (χ4n) is 0.695. The summed E-state index contributed by atoms with van der Waals surface area (Å²) in [6.45, 7) is 4.41. The van der Waals surface area contributed by atoms with Gasteiger partial charge in [-0.05, 0) is 18.2 Å². The van der Waals surface area contributed by atoms with Gasteiger partial charge < -0.3 is 5.32 Å². The molecular weight excluding hydrogens is 122 g/mol. The minimum Gasteiger partial charge on any atom is -0.382 e. The van der Waals surface area contributed by atoms with Crippen molar-refractivity contribution < 1.29 is 0 Å². The predicted octanol–water partition coefficient (Wildman–Crippen LogP) is 2.08. The van der Waals surface area contributed by atoms with Crippen LogP contribution in [0.3, 0.4) is 0 Å². The Morgan fingerprint density at radius 3 is 2.80 bits per heavy atom. The lowest BCUT2D eigenvalue weighted by atomic mass is 10.3. The maximum Gasteiger partial charge on any atom is 0.0343 e. The zero-order chi connectivity index (χ0) is 7.23. The highest BCUT2D eigenvalue weighted by atomic mass is 14.8. The Hall–Kier alpha value is -1.24. The molecule has 0 bridgehead atoms. The monoisotopic (exact) mass is 132 g/mol. The van der Waals surface area contributed by atoms with E-state index in [2.05, 4.69) is 18.0 Å². The second-order valence-corrected chi connectivity index (χ2v) is 1.96. The summed E-state index contributed by atoms with van der Waals surface area (Å²) in [5.74, 6) is 0. The van der Waals surface area contributed by atoms with Crippen molar-refractivity contribution in [3.63, 3.8) is 0 Å². The van der Waals surface area contributed by atoms with Crippen molar-refractivity contribution in [2.75, 3.05) is 11.9 Å². The lowest BCUT2D eigenvalue weighted by Crippen LogP contribution is -1.96. The van der Waals surface area contributed by atoms with E-state index in [0.29, 0.717) is 0 Å². The van der Waals surface area contributed by atoms with Crippen molar-refractivity contribution in [2.45, 2.75) is 0 Å². The van der Waals surface area contributed by atoms with Crippen LogP contribution in [0.1, 0.15) is 0 Å². The minimum atomic E-state index is 0.810. The lowest BCUT2D eigenvalue weighted by molar-refractivity contribution is 1.34. The van der Waals surface area contributed by atoms with Gasteiger partial charge in [-0.2, -0.15) is 0 Å². The van der Waals surface area contributed by atoms with Gasteiger partial charge in [0.2, 0.25) is 0 Å². The number of nitrogens with one attached hydrogen (secondary N) is 1. The van der Waals surface area contributed by atoms with E-state index >= 15 is 0 Å². The third-order valence-corrected chi connectivity index (χ3v) is 1.17. The van der Waals surface area contributed by atoms with Gasteiger partial charge in [-0.3, -0.25) is 0 Å². The van der Waals surface area contributed by atoms with Crippen LogP contribution in [0.25, 0.3) is 0 Å². The molecule has 0 saturated carbocycles. The predicted molar refractivity (Wildman–Crippen MR) is 44.0 cm³/mol. The molecule has 1 radical (unpaired) electrons. The first-order chi connectivity index (χ1) is 4.93. The van der Waals surface area contributed by atoms with Gasteiger partial charge in [-0.1, -0.05) is 18.2 Å². The quantitative estimate of drug-likeness (QED) is 0.621. The number of hydrogen-bond donors (Lipinski definition) is 1. The lowest BCUT2D eigenvalue weighted by Gasteiger charge is -1.99. The summed E-state index contributed by atoms with van der Waals surface area (Å²) in [5, 5.41) is 3.16. The second-order valence-electron chi connectivity index (χ2n) is 1.96. The summed E-state index contributed by atoms with van der Waals surface area (Å²) in [6.07, 6.45) is 1.83. The molecule has 0 amide bonds. The Labute approximate surface area is 61.4 Å². The van der Waals surface area contributed by atoms with Crippen LogP contribution in [0.4, 0.5) is 5.69 Å². The smallest absolute Gasteiger partial charge is 0.0343 e. The summed E-state index contributed by atoms with van der Waals surface area (Å²) in [4.78, 5) is 0. The summed E-state index contributed by atoms with van der Waals surface area (Å²) < 4.78 is 0. The van der Waals surface area contributed by atoms with Gasteiger partial charge in [0.05, 0.1) is 0 Å². The van der Waals surface area contributed by atoms with Crippen LogP contribution in [-0.4, -0.2) is 6.54 Å². The molecule has 0 aliphatic carbocycles. The molecule has 0 aromatic heterocycles. The topological polar surface area (TPSA) is 12.0 Å². The molecule has 0 atom stereocenters. The molecule has 0 spiro atoms. The van der Waals surface area contributed by atoms with Gasteiger partial charge >= 0.3 is 0 Å². The van der Waals surface area contributed by atoms with Crippen molar-refractivity contribution in [2.24, 2.45) is 0 Å². The molecule has 1 heteroatoms. The third kappa shape index (κ3) is 1.94. The zero-order valence-corrected chi connectivity index (χ0v) is 5.80. The van der Waals surface area contributed by atoms with Crippen molar-refractivity contribution >= 4 is 5.69 Å². The van der Waals surface area contributed by atoms with E-state index in [1.807, 2.05) is 30.3 Å². The van der Waals surface area contributed by atoms with Gasteiger partial charge in [-0.15, -0.1) is 6.58 Å². The Morgan fingerprint density at radius 1 is 1.50 bits per heavy atom. The molecule has 0 fully saturated rings. The maximum absolute atomic E-state index is 3.61. The molecular formula is C9H10N. The van der Waals surface area contributed by atoms with E-state index in [0.717, 1.165) is 12.2 Å². The summed E-state index contributed by atoms with van der Waals surface area (Å²) in [6, 6.07) is 10.7. The van der Waals surface area contributed by atoms with E-state index in [-0.39, 0.29) is 0 Å². The van der Waals surface area contributed by atoms with E-state index in [1.165, 1.54) is 0 Å². The Balaban J connectivity index is 2.50. The van der Waals surface area contributed by atoms with Crippen LogP contribution < -0.4 is 5.32 Å². The van der Waals surface area contributed by atoms with Gasteiger partial charge in [0.25, 0.3) is 0 Å². The standard InChI is InChI=1S/C9H10N/c1-2-8-10-9-6-4-3-5-7-9/h2,4-7,10H,1,8H2. The number of rotatable bonds is 3. The molecule has 0 aliphatic rings. The average molecular weight is 132 g/mol. The summed E-state index contributed by atoms with van der Waals surface area (Å²) >= 11 is 0. The molecule has 10 heavy (non-hydrogen) atoms. The SMILES string of the molecule is C=CCNc1cc[c]cc1. The molecule has 0 aliphatic heterocycles. The average Bonchev–Trinajstić information content (AvgIpc) is 2.03. The first-order valence-electron chi connectivity index (χ1n) is 3.24. The highest BCUT2D eigenvalue weighted by molar-refractivity contribution is 5.42. The van der Waals surface area contributed by atoms with E-state index < -0.39 is 0 Å². The highest BCUT2D eigenvalue weighted by Crippen LogP contribution is 2.02. The van der Waals surface area contributed by atoms with Gasteiger partial charge in [0.1, 0.15) is 0 Å². The Bertz CT molecular complexity index is 191. The summed E-state index contributed by atoms with van der Waals surface area (Å²) in [5.41, 5.74) is 1.11. The number of hydrogen-bond acceptors (Lipinski definition) is 1. The Kier molecular flexibility index (Phi) is 2.56. The fourth-order valence-corrected chi connectivity index (χ4v) is 0.695. The second kappa shape index (κ2) is 3.72. The maximum atomic E-state index is 3.61. The first kappa shape index (κ1) is 6.87. The molecule has 51 valence electrons. The van der Waals surface area contributed by atoms with Crippen LogP contribution in [0.2, 0.25) is 0 Å². The van der Waals surface area contributed by atoms with Crippen LogP contribution in [0, 0.1) is 6.07 Å². The van der Waals surface area contributed by atoms with E-state index in [1.54, 1.807) is 0 Å². The first-order valence-corrected chi connectivity index (χ1v) is 3.24. The van der Waals surface area contributed by atoms with Crippen LogP contribution in [-0.2, 0) is 0 Å². The fraction of sp³-hybridized carbons (Fsp3) is 0.111. The van der Waals surface area contributed by atoms with Crippen molar-refractivity contribution in [1.29, 1.82) is 0 Å². The van der Waals surface area contributed by atoms with Crippen molar-refractivity contribution in [3.05, 3.63) is 43.0 Å². The van der Waals surface area contributed by atoms with E-state index in [4.69, 9.17) is 0 Å². The molecule has 1 aromatic rings. The molecule has 0 heterocycles. The van der Waals surface area contributed by atoms with Gasteiger partial charge in [-0.25, -0.2) is 0 Å². The number of benzene rings is 1. The zero-order valence-electron chi connectivity index (χ0n) is 5.80. The molecule has 0 unspecified atom stereocenters. The van der Waals surface area contributed by atoms with Gasteiger partial charge in [0, 0.05) is 12.2 Å². The Morgan fingerprint density at radius 2 is 2.20 bits per heavy atom. The molecule has 1 N–H and O–H groups in total. The van der Waals surface area contributed by atoms with Crippen LogP contribution in [0.5, 0.6) is 0 Å². The minimum absolute atomic E-state index is 0.810. The van der Waals surface area contributed by atoms with Crippen molar-refractivity contribution in [1.82, 2.24) is 0 Å². The summed E-state index contributed by atoms with van der Waals surface area (Å²) in [7, 11) is 0. The van der Waals surface area contributed by atoms with Crippen LogP contribution >= 0.6 is 0 Å². The normalized spacial score (nSPS) is 8.80. The number of anilines is 1. The van der Waals surface area contributed by atoms with Crippen molar-refractivity contribution in [3.8, 4) is 0 Å². The van der Waals surface area contributed by atoms with Gasteiger partial charge in [0.15, 0.2) is 0 Å². The molecule has 1 aromatic carbocycles. The van der Waals surface area contributed by atoms with Crippen LogP contribution in [0.15, 0.2) is 36.9 Å². The molecule has 0 saturated heterocycles. The molecule has 1 nitrogen and oxygen atoms in total. The largest absolute Gasteiger partial charge is 0.382 e. The van der Waals surface area contributed by atoms with E-state index in [9.17, 15) is 0 Å². The molecule has 1 rings (SSSR count). The third-order valence-electron chi connectivity index (χ3n) is 1.17. The highest BCUT2D eigenvalue weighted by Gasteiger charge is 1.83.